The SMILES string of the molecule is O=C(CCc1cccnc1)N1CCCC(Cc2nc3ccccc3[nH]2)C1. The molecule has 134 valence electrons. The summed E-state index contributed by atoms with van der Waals surface area (Å²) in [6.45, 7) is 1.71. The van der Waals surface area contributed by atoms with E-state index in [4.69, 9.17) is 0 Å². The highest BCUT2D eigenvalue weighted by Gasteiger charge is 2.24. The third-order valence-electron chi connectivity index (χ3n) is 5.14. The summed E-state index contributed by atoms with van der Waals surface area (Å²) in [5.74, 6) is 1.76. The molecule has 1 aromatic carbocycles. The number of hydrogen-bond donors (Lipinski definition) is 1. The number of aromatic nitrogens is 3. The van der Waals surface area contributed by atoms with Gasteiger partial charge in [0, 0.05) is 38.3 Å². The number of aryl methyl sites for hydroxylation is 1. The summed E-state index contributed by atoms with van der Waals surface area (Å²) in [6.07, 6.45) is 8.06. The molecular weight excluding hydrogens is 324 g/mol. The second-order valence-corrected chi connectivity index (χ2v) is 7.11. The second-order valence-electron chi connectivity index (χ2n) is 7.11. The number of benzene rings is 1. The van der Waals surface area contributed by atoms with Crippen LogP contribution in [0.25, 0.3) is 11.0 Å². The van der Waals surface area contributed by atoms with Crippen LogP contribution in [-0.2, 0) is 17.6 Å². The minimum atomic E-state index is 0.253. The Kier molecular flexibility index (Phi) is 4.95. The Morgan fingerprint density at radius 1 is 1.23 bits per heavy atom. The first-order chi connectivity index (χ1) is 12.8. The summed E-state index contributed by atoms with van der Waals surface area (Å²) in [4.78, 5) is 26.8. The maximum Gasteiger partial charge on any atom is 0.222 e. The fourth-order valence-corrected chi connectivity index (χ4v) is 3.79. The molecule has 1 aliphatic heterocycles. The standard InChI is InChI=1S/C21H24N4O/c26-21(10-9-16-5-3-11-22-14-16)25-12-4-6-17(15-25)13-20-23-18-7-1-2-8-19(18)24-20/h1-3,5,7-8,11,14,17H,4,6,9-10,12-13,15H2,(H,23,24). The van der Waals surface area contributed by atoms with Gasteiger partial charge in [-0.25, -0.2) is 4.98 Å². The molecule has 26 heavy (non-hydrogen) atoms. The minimum Gasteiger partial charge on any atom is -0.342 e. The smallest absolute Gasteiger partial charge is 0.222 e. The van der Waals surface area contributed by atoms with Crippen molar-refractivity contribution in [1.82, 2.24) is 19.9 Å². The van der Waals surface area contributed by atoms with Gasteiger partial charge < -0.3 is 9.88 Å². The summed E-state index contributed by atoms with van der Waals surface area (Å²) in [5, 5.41) is 0. The predicted molar refractivity (Wildman–Crippen MR) is 102 cm³/mol. The summed E-state index contributed by atoms with van der Waals surface area (Å²) in [6, 6.07) is 12.1. The first-order valence-corrected chi connectivity index (χ1v) is 9.38. The number of nitrogens with one attached hydrogen (secondary N) is 1. The number of likely N-dealkylation sites (tertiary alicyclic amines) is 1. The van der Waals surface area contributed by atoms with Crippen LogP contribution in [-0.4, -0.2) is 38.8 Å². The number of nitrogens with zero attached hydrogens (tertiary/aromatic N) is 3. The van der Waals surface area contributed by atoms with Crippen molar-refractivity contribution in [1.29, 1.82) is 0 Å². The van der Waals surface area contributed by atoms with Crippen molar-refractivity contribution >= 4 is 16.9 Å². The molecule has 0 radical (unpaired) electrons. The number of carbonyl (C=O) groups excluding carboxylic acids is 1. The molecule has 0 bridgehead atoms. The van der Waals surface area contributed by atoms with Crippen LogP contribution in [0, 0.1) is 5.92 Å². The van der Waals surface area contributed by atoms with E-state index in [-0.39, 0.29) is 5.91 Å². The van der Waals surface area contributed by atoms with Crippen molar-refractivity contribution in [2.24, 2.45) is 5.92 Å². The van der Waals surface area contributed by atoms with Gasteiger partial charge in [-0.1, -0.05) is 18.2 Å². The van der Waals surface area contributed by atoms with E-state index in [1.165, 1.54) is 0 Å². The molecule has 1 amide bonds. The van der Waals surface area contributed by atoms with Crippen LogP contribution in [0.4, 0.5) is 0 Å². The number of rotatable bonds is 5. The number of amides is 1. The third kappa shape index (κ3) is 3.93. The number of H-pyrrole nitrogens is 1. The summed E-state index contributed by atoms with van der Waals surface area (Å²) in [7, 11) is 0. The van der Waals surface area contributed by atoms with Crippen LogP contribution in [0.1, 0.15) is 30.7 Å². The number of hydrogen-bond acceptors (Lipinski definition) is 3. The average molecular weight is 348 g/mol. The zero-order valence-electron chi connectivity index (χ0n) is 14.9. The van der Waals surface area contributed by atoms with Crippen LogP contribution < -0.4 is 0 Å². The molecule has 1 saturated heterocycles. The van der Waals surface area contributed by atoms with Crippen molar-refractivity contribution in [3.05, 3.63) is 60.2 Å². The van der Waals surface area contributed by atoms with E-state index >= 15 is 0 Å². The fourth-order valence-electron chi connectivity index (χ4n) is 3.79. The fraction of sp³-hybridized carbons (Fsp3) is 0.381. The number of pyridine rings is 1. The Morgan fingerprint density at radius 3 is 3.00 bits per heavy atom. The normalized spacial score (nSPS) is 17.5. The van der Waals surface area contributed by atoms with Gasteiger partial charge in [-0.3, -0.25) is 9.78 Å². The lowest BCUT2D eigenvalue weighted by atomic mass is 9.94. The molecule has 0 aliphatic carbocycles. The van der Waals surface area contributed by atoms with Gasteiger partial charge in [0.1, 0.15) is 5.82 Å². The molecule has 1 atom stereocenters. The molecular formula is C21H24N4O. The Morgan fingerprint density at radius 2 is 2.15 bits per heavy atom. The molecule has 0 saturated carbocycles. The second kappa shape index (κ2) is 7.68. The van der Waals surface area contributed by atoms with Crippen LogP contribution in [0.15, 0.2) is 48.8 Å². The highest BCUT2D eigenvalue weighted by molar-refractivity contribution is 5.76. The summed E-state index contributed by atoms with van der Waals surface area (Å²) in [5.41, 5.74) is 3.22. The zero-order chi connectivity index (χ0) is 17.8. The molecule has 1 fully saturated rings. The van der Waals surface area contributed by atoms with E-state index in [0.717, 1.165) is 61.2 Å². The topological polar surface area (TPSA) is 61.9 Å². The molecule has 5 nitrogen and oxygen atoms in total. The summed E-state index contributed by atoms with van der Waals surface area (Å²) >= 11 is 0. The van der Waals surface area contributed by atoms with Crippen LogP contribution in [0.2, 0.25) is 0 Å². The molecule has 1 N–H and O–H groups in total. The highest BCUT2D eigenvalue weighted by atomic mass is 16.2. The van der Waals surface area contributed by atoms with Crippen LogP contribution >= 0.6 is 0 Å². The monoisotopic (exact) mass is 348 g/mol. The van der Waals surface area contributed by atoms with Crippen molar-refractivity contribution in [3.8, 4) is 0 Å². The van der Waals surface area contributed by atoms with E-state index in [0.29, 0.717) is 12.3 Å². The third-order valence-corrected chi connectivity index (χ3v) is 5.14. The molecule has 1 aliphatic rings. The first-order valence-electron chi connectivity index (χ1n) is 9.38. The molecule has 5 heteroatoms. The van der Waals surface area contributed by atoms with Crippen molar-refractivity contribution in [2.75, 3.05) is 13.1 Å². The van der Waals surface area contributed by atoms with E-state index in [2.05, 4.69) is 21.0 Å². The Hall–Kier alpha value is -2.69. The maximum atomic E-state index is 12.6. The first kappa shape index (κ1) is 16.8. The number of carbonyl (C=O) groups is 1. The number of imidazole rings is 1. The largest absolute Gasteiger partial charge is 0.342 e. The van der Waals surface area contributed by atoms with Gasteiger partial charge in [0.05, 0.1) is 11.0 Å². The Labute approximate surface area is 153 Å². The van der Waals surface area contributed by atoms with Gasteiger partial charge in [-0.15, -0.1) is 0 Å². The predicted octanol–water partition coefficient (Wildman–Crippen LogP) is 3.37. The lowest BCUT2D eigenvalue weighted by Gasteiger charge is -2.32. The van der Waals surface area contributed by atoms with Gasteiger partial charge in [0.15, 0.2) is 0 Å². The lowest BCUT2D eigenvalue weighted by molar-refractivity contribution is -0.133. The number of piperidine rings is 1. The van der Waals surface area contributed by atoms with Gasteiger partial charge in [0.25, 0.3) is 0 Å². The summed E-state index contributed by atoms with van der Waals surface area (Å²) < 4.78 is 0. The molecule has 0 spiro atoms. The van der Waals surface area contributed by atoms with E-state index < -0.39 is 0 Å². The number of para-hydroxylation sites is 2. The van der Waals surface area contributed by atoms with Gasteiger partial charge in [-0.05, 0) is 48.9 Å². The minimum absolute atomic E-state index is 0.253. The zero-order valence-corrected chi connectivity index (χ0v) is 14.9. The highest BCUT2D eigenvalue weighted by Crippen LogP contribution is 2.22. The quantitative estimate of drug-likeness (QED) is 0.769. The Balaban J connectivity index is 1.33. The molecule has 1 unspecified atom stereocenters. The van der Waals surface area contributed by atoms with Crippen molar-refractivity contribution in [2.45, 2.75) is 32.1 Å². The van der Waals surface area contributed by atoms with Crippen molar-refractivity contribution in [3.63, 3.8) is 0 Å². The van der Waals surface area contributed by atoms with E-state index in [9.17, 15) is 4.79 Å². The average Bonchev–Trinajstić information content (AvgIpc) is 3.09. The Bertz CT molecular complexity index is 841. The maximum absolute atomic E-state index is 12.6. The van der Waals surface area contributed by atoms with E-state index in [1.54, 1.807) is 6.20 Å². The number of fused-ring (bicyclic) bond motifs is 1. The van der Waals surface area contributed by atoms with E-state index in [1.807, 2.05) is 41.4 Å². The lowest BCUT2D eigenvalue weighted by Crippen LogP contribution is -2.40. The molecule has 3 heterocycles. The van der Waals surface area contributed by atoms with Crippen molar-refractivity contribution < 1.29 is 4.79 Å². The molecule has 3 aromatic rings. The molecule has 2 aromatic heterocycles. The molecule has 4 rings (SSSR count). The van der Waals surface area contributed by atoms with Gasteiger partial charge >= 0.3 is 0 Å². The van der Waals surface area contributed by atoms with Gasteiger partial charge in [0.2, 0.25) is 5.91 Å². The van der Waals surface area contributed by atoms with Crippen LogP contribution in [0.5, 0.6) is 0 Å². The van der Waals surface area contributed by atoms with Gasteiger partial charge in [-0.2, -0.15) is 0 Å². The van der Waals surface area contributed by atoms with Crippen LogP contribution in [0.3, 0.4) is 0 Å². The number of aromatic amines is 1.